The molecule has 2 rings (SSSR count). The summed E-state index contributed by atoms with van der Waals surface area (Å²) in [6.07, 6.45) is 3.95. The van der Waals surface area contributed by atoms with Gasteiger partial charge in [0, 0.05) is 6.54 Å². The highest BCUT2D eigenvalue weighted by Gasteiger charge is 1.96. The number of para-hydroxylation sites is 1. The van der Waals surface area contributed by atoms with Crippen LogP contribution in [0.2, 0.25) is 0 Å². The number of hydrogen-bond donors (Lipinski definition) is 2. The molecule has 2 N–H and O–H groups in total. The molecule has 0 radical (unpaired) electrons. The van der Waals surface area contributed by atoms with Crippen LogP contribution in [0.3, 0.4) is 0 Å². The maximum absolute atomic E-state index is 5.74. The van der Waals surface area contributed by atoms with Crippen LogP contribution >= 0.6 is 12.2 Å². The average Bonchev–Trinajstić information content (AvgIpc) is 2.58. The lowest BCUT2D eigenvalue weighted by Crippen LogP contribution is -2.32. The van der Waals surface area contributed by atoms with Gasteiger partial charge in [0.2, 0.25) is 0 Å². The second-order valence-corrected chi connectivity index (χ2v) is 5.37. The Morgan fingerprint density at radius 2 is 1.78 bits per heavy atom. The number of hydrogen-bond acceptors (Lipinski definition) is 3. The molecule has 5 heteroatoms. The van der Waals surface area contributed by atoms with Crippen LogP contribution in [0, 0.1) is 0 Å². The first-order chi connectivity index (χ1) is 11.3. The predicted octanol–water partition coefficient (Wildman–Crippen LogP) is 4.08. The molecule has 0 aliphatic heterocycles. The monoisotopic (exact) mass is 327 g/mol. The number of nitrogens with one attached hydrogen (secondary N) is 2. The molecule has 4 nitrogen and oxygen atoms in total. The third kappa shape index (κ3) is 6.48. The van der Waals surface area contributed by atoms with Gasteiger partial charge in [-0.05, 0) is 60.6 Å². The van der Waals surface area contributed by atoms with Gasteiger partial charge in [0.05, 0.1) is 6.21 Å². The molecule has 0 aliphatic rings. The van der Waals surface area contributed by atoms with E-state index in [1.165, 1.54) is 0 Å². The van der Waals surface area contributed by atoms with Crippen molar-refractivity contribution in [1.82, 2.24) is 10.7 Å². The third-order valence-electron chi connectivity index (χ3n) is 3.05. The Kier molecular flexibility index (Phi) is 7.07. The van der Waals surface area contributed by atoms with Crippen molar-refractivity contribution in [1.29, 1.82) is 0 Å². The highest BCUT2D eigenvalue weighted by atomic mass is 32.1. The fourth-order valence-electron chi connectivity index (χ4n) is 1.83. The molecule has 0 heterocycles. The summed E-state index contributed by atoms with van der Waals surface area (Å²) in [5.41, 5.74) is 3.77. The predicted molar refractivity (Wildman–Crippen MR) is 99.2 cm³/mol. The summed E-state index contributed by atoms with van der Waals surface area (Å²) in [6.45, 7) is 3.00. The molecule has 0 saturated heterocycles. The fraction of sp³-hybridized carbons (Fsp3) is 0.222. The minimum Gasteiger partial charge on any atom is -0.457 e. The minimum absolute atomic E-state index is 0.540. The molecular weight excluding hydrogens is 306 g/mol. The van der Waals surface area contributed by atoms with E-state index in [4.69, 9.17) is 17.0 Å². The number of rotatable bonds is 7. The number of hydrazone groups is 1. The first-order valence-electron chi connectivity index (χ1n) is 7.68. The van der Waals surface area contributed by atoms with Crippen molar-refractivity contribution in [3.8, 4) is 11.5 Å². The van der Waals surface area contributed by atoms with Gasteiger partial charge < -0.3 is 10.1 Å². The van der Waals surface area contributed by atoms with E-state index in [1.54, 1.807) is 6.21 Å². The van der Waals surface area contributed by atoms with Crippen LogP contribution in [0.15, 0.2) is 59.7 Å². The lowest BCUT2D eigenvalue weighted by Gasteiger charge is -2.06. The molecular formula is C18H21N3OS. The zero-order valence-corrected chi connectivity index (χ0v) is 14.0. The summed E-state index contributed by atoms with van der Waals surface area (Å²) in [7, 11) is 0. The molecule has 0 atom stereocenters. The molecule has 23 heavy (non-hydrogen) atoms. The van der Waals surface area contributed by atoms with Gasteiger partial charge in [-0.25, -0.2) is 0 Å². The molecule has 2 aromatic carbocycles. The Balaban J connectivity index is 1.80. The van der Waals surface area contributed by atoms with Crippen molar-refractivity contribution in [2.45, 2.75) is 19.8 Å². The molecule has 0 unspecified atom stereocenters. The maximum atomic E-state index is 5.74. The standard InChI is InChI=1S/C18H21N3OS/c1-2-3-13-19-18(23)21-20-14-15-9-11-17(12-10-15)22-16-7-5-4-6-8-16/h4-12,14H,2-3,13H2,1H3,(H2,19,21,23)/b20-14-. The van der Waals surface area contributed by atoms with Gasteiger partial charge in [-0.2, -0.15) is 5.10 Å². The van der Waals surface area contributed by atoms with E-state index in [9.17, 15) is 0 Å². The van der Waals surface area contributed by atoms with Crippen molar-refractivity contribution in [2.24, 2.45) is 5.10 Å². The molecule has 2 aromatic rings. The van der Waals surface area contributed by atoms with Crippen molar-refractivity contribution < 1.29 is 4.74 Å². The van der Waals surface area contributed by atoms with Crippen LogP contribution in [0.1, 0.15) is 25.3 Å². The average molecular weight is 327 g/mol. The van der Waals surface area contributed by atoms with Crippen LogP contribution < -0.4 is 15.5 Å². The summed E-state index contributed by atoms with van der Waals surface area (Å²) in [5.74, 6) is 1.61. The van der Waals surface area contributed by atoms with E-state index in [1.807, 2.05) is 54.6 Å². The first-order valence-corrected chi connectivity index (χ1v) is 8.08. The molecule has 0 aliphatic carbocycles. The SMILES string of the molecule is CCCCNC(=S)N/N=C\c1ccc(Oc2ccccc2)cc1. The summed E-state index contributed by atoms with van der Waals surface area (Å²) in [4.78, 5) is 0. The topological polar surface area (TPSA) is 45.7 Å². The summed E-state index contributed by atoms with van der Waals surface area (Å²) in [5, 5.41) is 7.75. The van der Waals surface area contributed by atoms with E-state index >= 15 is 0 Å². The molecule has 120 valence electrons. The van der Waals surface area contributed by atoms with Crippen molar-refractivity contribution in [3.63, 3.8) is 0 Å². The Hall–Kier alpha value is -2.40. The van der Waals surface area contributed by atoms with Crippen LogP contribution in [-0.2, 0) is 0 Å². The Bertz CT molecular complexity index is 626. The third-order valence-corrected chi connectivity index (χ3v) is 3.29. The number of ether oxygens (including phenoxy) is 1. The largest absolute Gasteiger partial charge is 0.457 e. The Morgan fingerprint density at radius 1 is 1.09 bits per heavy atom. The second kappa shape index (κ2) is 9.58. The zero-order valence-electron chi connectivity index (χ0n) is 13.2. The molecule has 0 fully saturated rings. The summed E-state index contributed by atoms with van der Waals surface area (Å²) in [6, 6.07) is 17.4. The van der Waals surface area contributed by atoms with Gasteiger partial charge >= 0.3 is 0 Å². The minimum atomic E-state index is 0.540. The lowest BCUT2D eigenvalue weighted by molar-refractivity contribution is 0.482. The van der Waals surface area contributed by atoms with Gasteiger partial charge in [-0.1, -0.05) is 31.5 Å². The van der Waals surface area contributed by atoms with Crippen LogP contribution in [0.4, 0.5) is 0 Å². The highest BCUT2D eigenvalue weighted by Crippen LogP contribution is 2.20. The van der Waals surface area contributed by atoms with Gasteiger partial charge in [-0.3, -0.25) is 5.43 Å². The van der Waals surface area contributed by atoms with Crippen LogP contribution in [-0.4, -0.2) is 17.9 Å². The fourth-order valence-corrected chi connectivity index (χ4v) is 1.98. The van der Waals surface area contributed by atoms with Crippen molar-refractivity contribution in [2.75, 3.05) is 6.54 Å². The molecule has 0 aromatic heterocycles. The lowest BCUT2D eigenvalue weighted by atomic mass is 10.2. The number of thiocarbonyl (C=S) groups is 1. The van der Waals surface area contributed by atoms with Gasteiger partial charge in [-0.15, -0.1) is 0 Å². The van der Waals surface area contributed by atoms with Gasteiger partial charge in [0.15, 0.2) is 5.11 Å². The Morgan fingerprint density at radius 3 is 2.48 bits per heavy atom. The molecule has 0 bridgehead atoms. The van der Waals surface area contributed by atoms with E-state index in [-0.39, 0.29) is 0 Å². The first kappa shape index (κ1) is 17.0. The highest BCUT2D eigenvalue weighted by molar-refractivity contribution is 7.80. The number of unbranched alkanes of at least 4 members (excludes halogenated alkanes) is 1. The van der Waals surface area contributed by atoms with Crippen molar-refractivity contribution in [3.05, 3.63) is 60.2 Å². The number of nitrogens with zero attached hydrogens (tertiary/aromatic N) is 1. The Labute approximate surface area is 142 Å². The molecule has 0 saturated carbocycles. The quantitative estimate of drug-likeness (QED) is 0.348. The smallest absolute Gasteiger partial charge is 0.186 e. The number of benzene rings is 2. The van der Waals surface area contributed by atoms with Crippen molar-refractivity contribution >= 4 is 23.5 Å². The van der Waals surface area contributed by atoms with Crippen LogP contribution in [0.5, 0.6) is 11.5 Å². The zero-order chi connectivity index (χ0) is 16.3. The van der Waals surface area contributed by atoms with E-state index in [0.717, 1.165) is 36.4 Å². The van der Waals surface area contributed by atoms with E-state index in [2.05, 4.69) is 22.8 Å². The second-order valence-electron chi connectivity index (χ2n) is 4.96. The normalized spacial score (nSPS) is 10.5. The maximum Gasteiger partial charge on any atom is 0.186 e. The van der Waals surface area contributed by atoms with E-state index in [0.29, 0.717) is 5.11 Å². The molecule has 0 amide bonds. The van der Waals surface area contributed by atoms with Crippen LogP contribution in [0.25, 0.3) is 0 Å². The summed E-state index contributed by atoms with van der Waals surface area (Å²) < 4.78 is 5.74. The van der Waals surface area contributed by atoms with E-state index < -0.39 is 0 Å². The summed E-state index contributed by atoms with van der Waals surface area (Å²) >= 11 is 5.12. The van der Waals surface area contributed by atoms with Gasteiger partial charge in [0.25, 0.3) is 0 Å². The van der Waals surface area contributed by atoms with Gasteiger partial charge in [0.1, 0.15) is 11.5 Å². The molecule has 0 spiro atoms.